The Morgan fingerprint density at radius 2 is 2.00 bits per heavy atom. The van der Waals surface area contributed by atoms with Crippen LogP contribution in [0.15, 0.2) is 22.7 Å². The van der Waals surface area contributed by atoms with Gasteiger partial charge in [-0.25, -0.2) is 4.39 Å². The molecule has 1 aromatic rings. The van der Waals surface area contributed by atoms with Gasteiger partial charge in [-0.3, -0.25) is 9.69 Å². The van der Waals surface area contributed by atoms with E-state index in [1.54, 1.807) is 12.1 Å². The summed E-state index contributed by atoms with van der Waals surface area (Å²) in [6.07, 6.45) is 1.24. The van der Waals surface area contributed by atoms with Crippen LogP contribution in [-0.4, -0.2) is 23.8 Å². The van der Waals surface area contributed by atoms with Crippen LogP contribution in [0.4, 0.5) is 4.39 Å². The molecule has 0 atom stereocenters. The van der Waals surface area contributed by atoms with Crippen LogP contribution in [0.25, 0.3) is 0 Å². The van der Waals surface area contributed by atoms with Crippen molar-refractivity contribution in [2.45, 2.75) is 19.4 Å². The zero-order chi connectivity index (χ0) is 11.5. The fourth-order valence-electron chi connectivity index (χ4n) is 1.87. The number of hydrogen-bond acceptors (Lipinski definition) is 2. The molecule has 1 aromatic carbocycles. The number of carbonyl (C=O) groups excluding carboxylic acids is 1. The average Bonchev–Trinajstić information content (AvgIpc) is 2.27. The first-order chi connectivity index (χ1) is 7.65. The lowest BCUT2D eigenvalue weighted by Crippen LogP contribution is -2.33. The van der Waals surface area contributed by atoms with E-state index in [1.165, 1.54) is 6.07 Å². The van der Waals surface area contributed by atoms with Gasteiger partial charge in [-0.05, 0) is 23.8 Å². The van der Waals surface area contributed by atoms with Crippen molar-refractivity contribution in [2.75, 3.05) is 13.1 Å². The van der Waals surface area contributed by atoms with Crippen molar-refractivity contribution in [2.24, 2.45) is 0 Å². The highest BCUT2D eigenvalue weighted by Crippen LogP contribution is 2.20. The highest BCUT2D eigenvalue weighted by molar-refractivity contribution is 9.10. The third-order valence-corrected chi connectivity index (χ3v) is 3.59. The molecule has 4 heteroatoms. The molecule has 16 heavy (non-hydrogen) atoms. The number of nitrogens with zero attached hydrogens (tertiary/aromatic N) is 1. The molecule has 0 radical (unpaired) electrons. The SMILES string of the molecule is O=C1CCN(Cc2cc(F)ccc2Br)CC1. The van der Waals surface area contributed by atoms with Crippen LogP contribution in [0.5, 0.6) is 0 Å². The molecule has 86 valence electrons. The van der Waals surface area contributed by atoms with Crippen molar-refractivity contribution in [1.82, 2.24) is 4.90 Å². The summed E-state index contributed by atoms with van der Waals surface area (Å²) in [6, 6.07) is 4.70. The second-order valence-corrected chi connectivity index (χ2v) is 4.90. The van der Waals surface area contributed by atoms with Crippen LogP contribution in [-0.2, 0) is 11.3 Å². The first-order valence-corrected chi connectivity index (χ1v) is 6.12. The van der Waals surface area contributed by atoms with Crippen molar-refractivity contribution < 1.29 is 9.18 Å². The van der Waals surface area contributed by atoms with Gasteiger partial charge >= 0.3 is 0 Å². The Hall–Kier alpha value is -0.740. The summed E-state index contributed by atoms with van der Waals surface area (Å²) in [4.78, 5) is 13.3. The lowest BCUT2D eigenvalue weighted by molar-refractivity contribution is -0.121. The minimum atomic E-state index is -0.216. The maximum Gasteiger partial charge on any atom is 0.135 e. The Morgan fingerprint density at radius 3 is 2.69 bits per heavy atom. The zero-order valence-corrected chi connectivity index (χ0v) is 10.5. The quantitative estimate of drug-likeness (QED) is 0.833. The molecule has 0 aliphatic carbocycles. The van der Waals surface area contributed by atoms with Gasteiger partial charge < -0.3 is 0 Å². The van der Waals surface area contributed by atoms with E-state index in [4.69, 9.17) is 0 Å². The molecule has 1 heterocycles. The van der Waals surface area contributed by atoms with Crippen molar-refractivity contribution in [1.29, 1.82) is 0 Å². The Bertz CT molecular complexity index is 398. The normalized spacial score (nSPS) is 17.8. The zero-order valence-electron chi connectivity index (χ0n) is 8.88. The molecule has 0 aromatic heterocycles. The molecule has 1 aliphatic heterocycles. The van der Waals surface area contributed by atoms with Gasteiger partial charge in [-0.1, -0.05) is 15.9 Å². The first kappa shape index (κ1) is 11.7. The van der Waals surface area contributed by atoms with E-state index in [2.05, 4.69) is 20.8 Å². The average molecular weight is 286 g/mol. The minimum absolute atomic E-state index is 0.216. The lowest BCUT2D eigenvalue weighted by Gasteiger charge is -2.26. The van der Waals surface area contributed by atoms with Gasteiger partial charge in [-0.2, -0.15) is 0 Å². The van der Waals surface area contributed by atoms with Crippen LogP contribution in [0, 0.1) is 5.82 Å². The Labute approximate surface area is 103 Å². The van der Waals surface area contributed by atoms with Crippen LogP contribution in [0.3, 0.4) is 0 Å². The fraction of sp³-hybridized carbons (Fsp3) is 0.417. The van der Waals surface area contributed by atoms with E-state index in [-0.39, 0.29) is 5.82 Å². The summed E-state index contributed by atoms with van der Waals surface area (Å²) in [5.41, 5.74) is 0.939. The predicted molar refractivity (Wildman–Crippen MR) is 63.6 cm³/mol. The number of Topliss-reactive ketones (excluding diaryl/α,β-unsaturated/α-hetero) is 1. The van der Waals surface area contributed by atoms with E-state index >= 15 is 0 Å². The van der Waals surface area contributed by atoms with E-state index < -0.39 is 0 Å². The Morgan fingerprint density at radius 1 is 1.31 bits per heavy atom. The lowest BCUT2D eigenvalue weighted by atomic mass is 10.1. The number of piperidine rings is 1. The van der Waals surface area contributed by atoms with Crippen molar-refractivity contribution >= 4 is 21.7 Å². The van der Waals surface area contributed by atoms with Gasteiger partial charge in [0.05, 0.1) is 0 Å². The highest BCUT2D eigenvalue weighted by Gasteiger charge is 2.17. The molecule has 0 N–H and O–H groups in total. The van der Waals surface area contributed by atoms with Gasteiger partial charge in [0, 0.05) is 36.9 Å². The molecule has 0 bridgehead atoms. The molecule has 1 aliphatic rings. The van der Waals surface area contributed by atoms with Crippen molar-refractivity contribution in [3.8, 4) is 0 Å². The summed E-state index contributed by atoms with van der Waals surface area (Å²) < 4.78 is 14.0. The van der Waals surface area contributed by atoms with E-state index in [1.807, 2.05) is 0 Å². The summed E-state index contributed by atoms with van der Waals surface area (Å²) in [5, 5.41) is 0. The van der Waals surface area contributed by atoms with Gasteiger partial charge in [0.1, 0.15) is 11.6 Å². The maximum atomic E-state index is 13.1. The molecule has 0 spiro atoms. The predicted octanol–water partition coefficient (Wildman–Crippen LogP) is 2.75. The van der Waals surface area contributed by atoms with Crippen LogP contribution in [0.2, 0.25) is 0 Å². The number of carbonyl (C=O) groups is 1. The topological polar surface area (TPSA) is 20.3 Å². The Balaban J connectivity index is 2.03. The Kier molecular flexibility index (Phi) is 3.71. The number of halogens is 2. The summed E-state index contributed by atoms with van der Waals surface area (Å²) in [6.45, 7) is 2.26. The molecule has 2 nitrogen and oxygen atoms in total. The smallest absolute Gasteiger partial charge is 0.135 e. The van der Waals surface area contributed by atoms with Gasteiger partial charge in [0.25, 0.3) is 0 Å². The molecule has 2 rings (SSSR count). The van der Waals surface area contributed by atoms with E-state index in [9.17, 15) is 9.18 Å². The molecule has 1 saturated heterocycles. The van der Waals surface area contributed by atoms with Crippen molar-refractivity contribution in [3.63, 3.8) is 0 Å². The van der Waals surface area contributed by atoms with E-state index in [0.717, 1.165) is 23.1 Å². The second-order valence-electron chi connectivity index (χ2n) is 4.05. The standard InChI is InChI=1S/C12H13BrFNO/c13-12-2-1-10(14)7-9(12)8-15-5-3-11(16)4-6-15/h1-2,7H,3-6,8H2. The largest absolute Gasteiger partial charge is 0.300 e. The number of rotatable bonds is 2. The molecule has 1 fully saturated rings. The molecular weight excluding hydrogens is 273 g/mol. The molecular formula is C12H13BrFNO. The van der Waals surface area contributed by atoms with Crippen LogP contribution in [0.1, 0.15) is 18.4 Å². The number of hydrogen-bond donors (Lipinski definition) is 0. The number of benzene rings is 1. The number of likely N-dealkylation sites (tertiary alicyclic amines) is 1. The third-order valence-electron chi connectivity index (χ3n) is 2.82. The fourth-order valence-corrected chi connectivity index (χ4v) is 2.24. The number of ketones is 1. The summed E-state index contributed by atoms with van der Waals surface area (Å²) in [5.74, 6) is 0.112. The molecule has 0 unspecified atom stereocenters. The summed E-state index contributed by atoms with van der Waals surface area (Å²) >= 11 is 3.41. The monoisotopic (exact) mass is 285 g/mol. The third kappa shape index (κ3) is 2.89. The van der Waals surface area contributed by atoms with Gasteiger partial charge in [0.15, 0.2) is 0 Å². The molecule has 0 saturated carbocycles. The van der Waals surface area contributed by atoms with Gasteiger partial charge in [-0.15, -0.1) is 0 Å². The maximum absolute atomic E-state index is 13.1. The second kappa shape index (κ2) is 5.06. The highest BCUT2D eigenvalue weighted by atomic mass is 79.9. The first-order valence-electron chi connectivity index (χ1n) is 5.33. The summed E-state index contributed by atoms with van der Waals surface area (Å²) in [7, 11) is 0. The minimum Gasteiger partial charge on any atom is -0.300 e. The van der Waals surface area contributed by atoms with Crippen LogP contribution < -0.4 is 0 Å². The van der Waals surface area contributed by atoms with Crippen molar-refractivity contribution in [3.05, 3.63) is 34.1 Å². The van der Waals surface area contributed by atoms with Gasteiger partial charge in [0.2, 0.25) is 0 Å². The van der Waals surface area contributed by atoms with E-state index in [0.29, 0.717) is 25.2 Å². The van der Waals surface area contributed by atoms with Crippen LogP contribution >= 0.6 is 15.9 Å². The molecule has 0 amide bonds.